The van der Waals surface area contributed by atoms with Gasteiger partial charge in [0, 0.05) is 0 Å². The van der Waals surface area contributed by atoms with Crippen LogP contribution in [0.1, 0.15) is 31.4 Å². The van der Waals surface area contributed by atoms with E-state index < -0.39 is 0 Å². The average molecular weight is 247 g/mol. The van der Waals surface area contributed by atoms with Crippen LogP contribution in [0.3, 0.4) is 0 Å². The molecule has 0 spiro atoms. The number of nitrogens with two attached hydrogens (primary N) is 1. The molecule has 2 N–H and O–H groups in total. The molecule has 0 bridgehead atoms. The normalized spacial score (nSPS) is 11.4. The molecular weight excluding hydrogens is 226 g/mol. The molecule has 0 unspecified atom stereocenters. The lowest BCUT2D eigenvalue weighted by Gasteiger charge is -2.04. The first kappa shape index (κ1) is 14.5. The predicted octanol–water partition coefficient (Wildman–Crippen LogP) is 2.54. The minimum atomic E-state index is -0.184. The van der Waals surface area contributed by atoms with Gasteiger partial charge in [0.1, 0.15) is 0 Å². The summed E-state index contributed by atoms with van der Waals surface area (Å²) in [5, 5.41) is 0. The van der Waals surface area contributed by atoms with Crippen molar-refractivity contribution < 1.29 is 9.53 Å². The van der Waals surface area contributed by atoms with Crippen molar-refractivity contribution in [3.63, 3.8) is 0 Å². The molecule has 1 aromatic carbocycles. The molecule has 98 valence electrons. The second-order valence-electron chi connectivity index (χ2n) is 4.13. The lowest BCUT2D eigenvalue weighted by molar-refractivity contribution is -0.142. The lowest BCUT2D eigenvalue weighted by atomic mass is 10.0. The Morgan fingerprint density at radius 1 is 1.33 bits per heavy atom. The van der Waals surface area contributed by atoms with Gasteiger partial charge in [-0.2, -0.15) is 0 Å². The first-order valence-electron chi connectivity index (χ1n) is 6.29. The molecule has 0 atom stereocenters. The van der Waals surface area contributed by atoms with Crippen molar-refractivity contribution >= 4 is 11.5 Å². The molecule has 0 radical (unpaired) electrons. The Hall–Kier alpha value is -1.61. The minimum absolute atomic E-state index is 0.184. The van der Waals surface area contributed by atoms with Gasteiger partial charge in [-0.25, -0.2) is 0 Å². The first-order chi connectivity index (χ1) is 8.67. The molecular formula is C15H21NO2. The molecule has 0 fully saturated rings. The molecule has 18 heavy (non-hydrogen) atoms. The molecule has 0 aromatic heterocycles. The van der Waals surface area contributed by atoms with E-state index >= 15 is 0 Å². The van der Waals surface area contributed by atoms with E-state index in [2.05, 4.69) is 24.3 Å². The third kappa shape index (κ3) is 4.72. The van der Waals surface area contributed by atoms with E-state index in [0.717, 1.165) is 17.6 Å². The first-order valence-corrected chi connectivity index (χ1v) is 6.29. The number of benzene rings is 1. The van der Waals surface area contributed by atoms with Crippen molar-refractivity contribution in [1.82, 2.24) is 0 Å². The highest BCUT2D eigenvalue weighted by Crippen LogP contribution is 2.15. The van der Waals surface area contributed by atoms with Crippen molar-refractivity contribution in [3.8, 4) is 0 Å². The van der Waals surface area contributed by atoms with E-state index in [4.69, 9.17) is 10.5 Å². The quantitative estimate of drug-likeness (QED) is 0.786. The minimum Gasteiger partial charge on any atom is -0.466 e. The SMILES string of the molecule is CCOC(=O)CC=C(C)c1ccc(CCN)cc1. The molecule has 0 aliphatic carbocycles. The number of hydrogen-bond acceptors (Lipinski definition) is 3. The van der Waals surface area contributed by atoms with Gasteiger partial charge in [0.05, 0.1) is 13.0 Å². The Morgan fingerprint density at radius 2 is 2.00 bits per heavy atom. The van der Waals surface area contributed by atoms with Crippen LogP contribution in [0.5, 0.6) is 0 Å². The van der Waals surface area contributed by atoms with E-state index in [1.165, 1.54) is 5.56 Å². The molecule has 3 nitrogen and oxygen atoms in total. The summed E-state index contributed by atoms with van der Waals surface area (Å²) in [6.07, 6.45) is 3.12. The third-order valence-corrected chi connectivity index (χ3v) is 2.72. The molecule has 0 saturated heterocycles. The lowest BCUT2D eigenvalue weighted by Crippen LogP contribution is -2.02. The molecule has 0 heterocycles. The molecule has 0 amide bonds. The fraction of sp³-hybridized carbons (Fsp3) is 0.400. The number of carbonyl (C=O) groups excluding carboxylic acids is 1. The maximum absolute atomic E-state index is 11.2. The summed E-state index contributed by atoms with van der Waals surface area (Å²) in [5.41, 5.74) is 8.95. The fourth-order valence-electron chi connectivity index (χ4n) is 1.68. The third-order valence-electron chi connectivity index (χ3n) is 2.72. The van der Waals surface area contributed by atoms with Crippen LogP contribution in [-0.2, 0) is 16.0 Å². The Labute approximate surface area is 109 Å². The summed E-state index contributed by atoms with van der Waals surface area (Å²) < 4.78 is 4.88. The summed E-state index contributed by atoms with van der Waals surface area (Å²) in [5.74, 6) is -0.184. The largest absolute Gasteiger partial charge is 0.466 e. The van der Waals surface area contributed by atoms with Gasteiger partial charge in [-0.1, -0.05) is 30.3 Å². The van der Waals surface area contributed by atoms with Gasteiger partial charge in [0.15, 0.2) is 0 Å². The molecule has 0 aliphatic rings. The van der Waals surface area contributed by atoms with Crippen LogP contribution in [-0.4, -0.2) is 19.1 Å². The number of hydrogen-bond donors (Lipinski definition) is 1. The van der Waals surface area contributed by atoms with Gasteiger partial charge < -0.3 is 10.5 Å². The van der Waals surface area contributed by atoms with Crippen molar-refractivity contribution in [2.45, 2.75) is 26.7 Å². The van der Waals surface area contributed by atoms with Crippen LogP contribution in [0.25, 0.3) is 5.57 Å². The van der Waals surface area contributed by atoms with E-state index in [-0.39, 0.29) is 5.97 Å². The van der Waals surface area contributed by atoms with E-state index in [1.807, 2.05) is 19.9 Å². The number of ether oxygens (including phenoxy) is 1. The van der Waals surface area contributed by atoms with Gasteiger partial charge in [-0.05, 0) is 43.5 Å². The Bertz CT molecular complexity index is 407. The molecule has 1 aromatic rings. The van der Waals surface area contributed by atoms with Crippen LogP contribution in [0.2, 0.25) is 0 Å². The number of rotatable bonds is 6. The average Bonchev–Trinajstić information content (AvgIpc) is 2.37. The highest BCUT2D eigenvalue weighted by atomic mass is 16.5. The highest BCUT2D eigenvalue weighted by molar-refractivity contribution is 5.75. The van der Waals surface area contributed by atoms with E-state index in [9.17, 15) is 4.79 Å². The van der Waals surface area contributed by atoms with Gasteiger partial charge in [0.2, 0.25) is 0 Å². The molecule has 3 heteroatoms. The van der Waals surface area contributed by atoms with Crippen molar-refractivity contribution in [1.29, 1.82) is 0 Å². The zero-order valence-corrected chi connectivity index (χ0v) is 11.1. The number of esters is 1. The van der Waals surface area contributed by atoms with Gasteiger partial charge in [-0.15, -0.1) is 0 Å². The van der Waals surface area contributed by atoms with Crippen molar-refractivity contribution in [2.75, 3.05) is 13.2 Å². The maximum Gasteiger partial charge on any atom is 0.309 e. The Morgan fingerprint density at radius 3 is 2.56 bits per heavy atom. The number of carbonyl (C=O) groups is 1. The highest BCUT2D eigenvalue weighted by Gasteiger charge is 2.00. The van der Waals surface area contributed by atoms with Crippen molar-refractivity contribution in [3.05, 3.63) is 41.5 Å². The zero-order chi connectivity index (χ0) is 13.4. The summed E-state index contributed by atoms with van der Waals surface area (Å²) >= 11 is 0. The Balaban J connectivity index is 2.62. The molecule has 1 rings (SSSR count). The van der Waals surface area contributed by atoms with Crippen molar-refractivity contribution in [2.24, 2.45) is 5.73 Å². The molecule has 0 aliphatic heterocycles. The standard InChI is InChI=1S/C15H21NO2/c1-3-18-15(17)9-4-12(2)14-7-5-13(6-8-14)10-11-16/h4-8H,3,9-11,16H2,1-2H3. The monoisotopic (exact) mass is 247 g/mol. The van der Waals surface area contributed by atoms with Gasteiger partial charge in [0.25, 0.3) is 0 Å². The second-order valence-corrected chi connectivity index (χ2v) is 4.13. The van der Waals surface area contributed by atoms with Crippen LogP contribution in [0, 0.1) is 0 Å². The van der Waals surface area contributed by atoms with E-state index in [0.29, 0.717) is 19.6 Å². The van der Waals surface area contributed by atoms with Gasteiger partial charge in [-0.3, -0.25) is 4.79 Å². The summed E-state index contributed by atoms with van der Waals surface area (Å²) in [4.78, 5) is 11.2. The van der Waals surface area contributed by atoms with Crippen LogP contribution >= 0.6 is 0 Å². The smallest absolute Gasteiger partial charge is 0.309 e. The number of allylic oxidation sites excluding steroid dienone is 1. The summed E-state index contributed by atoms with van der Waals surface area (Å²) in [7, 11) is 0. The second kappa shape index (κ2) is 7.67. The zero-order valence-electron chi connectivity index (χ0n) is 11.1. The summed E-state index contributed by atoms with van der Waals surface area (Å²) in [6.45, 7) is 4.90. The van der Waals surface area contributed by atoms with Crippen LogP contribution in [0.4, 0.5) is 0 Å². The van der Waals surface area contributed by atoms with Gasteiger partial charge >= 0.3 is 5.97 Å². The maximum atomic E-state index is 11.2. The van der Waals surface area contributed by atoms with Crippen LogP contribution < -0.4 is 5.73 Å². The Kier molecular flexibility index (Phi) is 6.15. The fourth-order valence-corrected chi connectivity index (χ4v) is 1.68. The van der Waals surface area contributed by atoms with E-state index in [1.54, 1.807) is 0 Å². The predicted molar refractivity (Wildman–Crippen MR) is 74.1 cm³/mol. The summed E-state index contributed by atoms with van der Waals surface area (Å²) in [6, 6.07) is 8.26. The molecule has 0 saturated carbocycles. The van der Waals surface area contributed by atoms with Crippen LogP contribution in [0.15, 0.2) is 30.3 Å². The topological polar surface area (TPSA) is 52.3 Å².